The molecule has 3 atom stereocenters. The molecule has 1 fully saturated rings. The van der Waals surface area contributed by atoms with Crippen molar-refractivity contribution in [3.63, 3.8) is 0 Å². The fourth-order valence-electron chi connectivity index (χ4n) is 5.43. The number of aliphatic carboxylic acids is 1. The van der Waals surface area contributed by atoms with Gasteiger partial charge in [-0.2, -0.15) is 0 Å². The molecule has 0 bridgehead atoms. The van der Waals surface area contributed by atoms with Crippen LogP contribution in [0, 0.1) is 11.1 Å². The number of carbonyl (C=O) groups excluding carboxylic acids is 1. The Kier molecular flexibility index (Phi) is 5.06. The average Bonchev–Trinajstić information content (AvgIpc) is 3.10. The molecule has 1 aliphatic heterocycles. The summed E-state index contributed by atoms with van der Waals surface area (Å²) in [4.78, 5) is 24.7. The van der Waals surface area contributed by atoms with Crippen molar-refractivity contribution >= 4 is 12.1 Å². The van der Waals surface area contributed by atoms with Crippen LogP contribution in [-0.2, 0) is 9.53 Å². The molecule has 7 nitrogen and oxygen atoms in total. The number of hydrogen-bond acceptors (Lipinski definition) is 4. The summed E-state index contributed by atoms with van der Waals surface area (Å²) in [5, 5.41) is 25.1. The second-order valence-corrected chi connectivity index (χ2v) is 9.54. The summed E-state index contributed by atoms with van der Waals surface area (Å²) in [6.07, 6.45) is -0.711. The van der Waals surface area contributed by atoms with Gasteiger partial charge in [-0.1, -0.05) is 48.5 Å². The lowest BCUT2D eigenvalue weighted by atomic mass is 9.82. The number of nitrogens with one attached hydrogen (secondary N) is 2. The van der Waals surface area contributed by atoms with E-state index in [2.05, 4.69) is 17.4 Å². The zero-order valence-corrected chi connectivity index (χ0v) is 18.1. The van der Waals surface area contributed by atoms with Crippen molar-refractivity contribution in [2.75, 3.05) is 6.61 Å². The molecule has 2 aliphatic rings. The Morgan fingerprint density at radius 1 is 1.00 bits per heavy atom. The molecule has 2 aromatic rings. The molecule has 0 aromatic heterocycles. The van der Waals surface area contributed by atoms with Gasteiger partial charge in [0.25, 0.3) is 0 Å². The second kappa shape index (κ2) is 7.35. The van der Waals surface area contributed by atoms with E-state index >= 15 is 0 Å². The fraction of sp³-hybridized carbons (Fsp3) is 0.417. The molecule has 3 unspecified atom stereocenters. The first-order chi connectivity index (χ1) is 14.6. The largest absolute Gasteiger partial charge is 0.633 e. The maximum atomic E-state index is 12.8. The summed E-state index contributed by atoms with van der Waals surface area (Å²) in [5.74, 6) is -2.23. The van der Waals surface area contributed by atoms with Crippen molar-refractivity contribution in [1.29, 1.82) is 0 Å². The Morgan fingerprint density at radius 3 is 2.03 bits per heavy atom. The topological polar surface area (TPSA) is 103 Å². The van der Waals surface area contributed by atoms with Crippen LogP contribution in [0.15, 0.2) is 48.5 Å². The number of amides is 1. The summed E-state index contributed by atoms with van der Waals surface area (Å²) in [5.41, 5.74) is 2.34. The number of quaternary nitrogens is 1. The van der Waals surface area contributed by atoms with E-state index in [1.807, 2.05) is 36.4 Å². The highest BCUT2D eigenvalue weighted by Crippen LogP contribution is 2.44. The zero-order valence-electron chi connectivity index (χ0n) is 18.1. The average molecular weight is 424 g/mol. The number of rotatable bonds is 4. The van der Waals surface area contributed by atoms with Crippen LogP contribution in [0.1, 0.15) is 44.7 Å². The van der Waals surface area contributed by atoms with Crippen molar-refractivity contribution in [1.82, 2.24) is 5.32 Å². The Labute approximate surface area is 181 Å². The Morgan fingerprint density at radius 2 is 1.52 bits per heavy atom. The minimum absolute atomic E-state index is 0.0944. The van der Waals surface area contributed by atoms with Crippen LogP contribution in [0.5, 0.6) is 0 Å². The predicted octanol–water partition coefficient (Wildman–Crippen LogP) is 2.55. The van der Waals surface area contributed by atoms with Gasteiger partial charge in [0.15, 0.2) is 0 Å². The van der Waals surface area contributed by atoms with Crippen LogP contribution >= 0.6 is 0 Å². The Bertz CT molecular complexity index is 987. The lowest BCUT2D eigenvalue weighted by Crippen LogP contribution is -3.20. The van der Waals surface area contributed by atoms with Crippen molar-refractivity contribution in [3.8, 4) is 11.1 Å². The number of carbonyl (C=O) groups is 2. The van der Waals surface area contributed by atoms with Crippen LogP contribution in [0.4, 0.5) is 4.79 Å². The molecular formula is C24H28N2O5. The number of hydroxylamine groups is 2. The molecule has 3 N–H and O–H groups in total. The third-order valence-corrected chi connectivity index (χ3v) is 6.94. The van der Waals surface area contributed by atoms with Gasteiger partial charge in [-0.15, -0.1) is 0 Å². The Hall–Kier alpha value is -2.90. The third kappa shape index (κ3) is 3.28. The molecule has 2 aromatic carbocycles. The van der Waals surface area contributed by atoms with Gasteiger partial charge in [-0.3, -0.25) is 4.79 Å². The number of alkyl carbamates (subject to hydrolysis) is 1. The van der Waals surface area contributed by atoms with Crippen molar-refractivity contribution < 1.29 is 24.5 Å². The van der Waals surface area contributed by atoms with Gasteiger partial charge in [0.2, 0.25) is 0 Å². The number of ether oxygens (including phenoxy) is 1. The van der Waals surface area contributed by atoms with Gasteiger partial charge < -0.3 is 25.4 Å². The van der Waals surface area contributed by atoms with Crippen LogP contribution in [-0.4, -0.2) is 40.9 Å². The molecule has 1 saturated heterocycles. The van der Waals surface area contributed by atoms with E-state index < -0.39 is 35.1 Å². The van der Waals surface area contributed by atoms with E-state index in [-0.39, 0.29) is 17.6 Å². The summed E-state index contributed by atoms with van der Waals surface area (Å²) >= 11 is 0. The van der Waals surface area contributed by atoms with E-state index in [0.717, 1.165) is 22.3 Å². The first-order valence-electron chi connectivity index (χ1n) is 10.5. The van der Waals surface area contributed by atoms with Crippen LogP contribution < -0.4 is 10.4 Å². The summed E-state index contributed by atoms with van der Waals surface area (Å²) in [6, 6.07) is 15.2. The molecule has 1 heterocycles. The molecule has 4 rings (SSSR count). The number of fused-ring (bicyclic) bond motifs is 3. The Balaban J connectivity index is 1.52. The third-order valence-electron chi connectivity index (χ3n) is 6.94. The van der Waals surface area contributed by atoms with Crippen LogP contribution in [0.2, 0.25) is 0 Å². The van der Waals surface area contributed by atoms with Crippen molar-refractivity contribution in [3.05, 3.63) is 64.9 Å². The van der Waals surface area contributed by atoms with Crippen molar-refractivity contribution in [2.45, 2.75) is 50.7 Å². The van der Waals surface area contributed by atoms with Gasteiger partial charge in [0.1, 0.15) is 29.6 Å². The fourth-order valence-corrected chi connectivity index (χ4v) is 5.43. The second-order valence-electron chi connectivity index (χ2n) is 9.54. The smallest absolute Gasteiger partial charge is 0.407 e. The molecule has 31 heavy (non-hydrogen) atoms. The van der Waals surface area contributed by atoms with E-state index in [0.29, 0.717) is 0 Å². The molecule has 1 amide bonds. The summed E-state index contributed by atoms with van der Waals surface area (Å²) in [7, 11) is 0. The number of carboxylic acid groups (broad SMARTS) is 1. The monoisotopic (exact) mass is 424 g/mol. The summed E-state index contributed by atoms with van der Waals surface area (Å²) < 4.78 is 5.57. The number of carboxylic acids is 1. The highest BCUT2D eigenvalue weighted by Gasteiger charge is 2.63. The minimum Gasteiger partial charge on any atom is -0.633 e. The molecule has 7 heteroatoms. The zero-order chi connectivity index (χ0) is 22.6. The molecule has 1 aliphatic carbocycles. The first kappa shape index (κ1) is 21.3. The van der Waals surface area contributed by atoms with Gasteiger partial charge in [0.05, 0.1) is 0 Å². The standard InChI is InChI=1S/C24H28N2O5/c1-23(2)19(21(27)28)20(24(3,4)26(23)30)25-22(29)31-13-18-16-11-7-5-9-14(16)15-10-6-8-12-17(15)18/h5-12,18-20,26H,13H2,1-4H3,(H,25,29)(H,27,28). The highest BCUT2D eigenvalue weighted by molar-refractivity contribution is 5.79. The van der Waals surface area contributed by atoms with E-state index in [1.54, 1.807) is 27.7 Å². The lowest BCUT2D eigenvalue weighted by Gasteiger charge is -2.41. The van der Waals surface area contributed by atoms with Crippen LogP contribution in [0.25, 0.3) is 11.1 Å². The highest BCUT2D eigenvalue weighted by atomic mass is 16.5. The molecule has 164 valence electrons. The molecule has 0 saturated carbocycles. The van der Waals surface area contributed by atoms with Gasteiger partial charge in [-0.25, -0.2) is 4.79 Å². The number of benzene rings is 2. The van der Waals surface area contributed by atoms with E-state index in [4.69, 9.17) is 4.74 Å². The normalized spacial score (nSPS) is 25.5. The first-order valence-corrected chi connectivity index (χ1v) is 10.5. The van der Waals surface area contributed by atoms with Gasteiger partial charge >= 0.3 is 12.1 Å². The van der Waals surface area contributed by atoms with Crippen LogP contribution in [0.3, 0.4) is 0 Å². The quantitative estimate of drug-likeness (QED) is 0.655. The van der Waals surface area contributed by atoms with E-state index in [9.17, 15) is 19.9 Å². The van der Waals surface area contributed by atoms with Gasteiger partial charge in [0, 0.05) is 5.92 Å². The molecule has 0 radical (unpaired) electrons. The SMILES string of the molecule is CC1(C)C(NC(=O)OCC2c3ccccc3-c3ccccc32)C(C(=O)O)C(C)(C)[NH+]1[O-]. The maximum absolute atomic E-state index is 12.8. The molecular weight excluding hydrogens is 396 g/mol. The maximum Gasteiger partial charge on any atom is 0.407 e. The minimum atomic E-state index is -1.10. The summed E-state index contributed by atoms with van der Waals surface area (Å²) in [6.45, 7) is 6.72. The van der Waals surface area contributed by atoms with E-state index in [1.165, 1.54) is 0 Å². The van der Waals surface area contributed by atoms with Crippen molar-refractivity contribution in [2.24, 2.45) is 5.92 Å². The predicted molar refractivity (Wildman–Crippen MR) is 116 cm³/mol. The lowest BCUT2D eigenvalue weighted by molar-refractivity contribution is -0.934. The van der Waals surface area contributed by atoms with Gasteiger partial charge in [-0.05, 0) is 49.9 Å². The number of hydrogen-bond donors (Lipinski definition) is 3. The molecule has 0 spiro atoms.